The van der Waals surface area contributed by atoms with E-state index in [1.54, 1.807) is 11.2 Å². The van der Waals surface area contributed by atoms with Crippen LogP contribution < -0.4 is 14.4 Å². The highest BCUT2D eigenvalue weighted by Gasteiger charge is 2.41. The summed E-state index contributed by atoms with van der Waals surface area (Å²) in [7, 11) is 5.56. The molecular weight excluding hydrogens is 625 g/mol. The quantitative estimate of drug-likeness (QED) is 0.253. The Morgan fingerprint density at radius 2 is 1.94 bits per heavy atom. The van der Waals surface area contributed by atoms with E-state index >= 15 is 0 Å². The second-order valence-corrected chi connectivity index (χ2v) is 15.5. The van der Waals surface area contributed by atoms with E-state index < -0.39 is 12.0 Å². The van der Waals surface area contributed by atoms with Crippen LogP contribution in [0.25, 0.3) is 0 Å². The lowest BCUT2D eigenvalue weighted by Crippen LogP contribution is -2.47. The van der Waals surface area contributed by atoms with Crippen LogP contribution >= 0.6 is 12.1 Å². The number of amides is 2. The van der Waals surface area contributed by atoms with Gasteiger partial charge in [0.2, 0.25) is 5.91 Å². The number of aliphatic hydroxyl groups excluding tert-OH is 1. The molecule has 0 spiro atoms. The van der Waals surface area contributed by atoms with Gasteiger partial charge in [0.1, 0.15) is 5.75 Å². The predicted molar refractivity (Wildman–Crippen MR) is 193 cm³/mol. The minimum absolute atomic E-state index is 0.119. The van der Waals surface area contributed by atoms with Gasteiger partial charge in [-0.3, -0.25) is 14.3 Å². The lowest BCUT2D eigenvalue weighted by Gasteiger charge is -2.47. The number of aryl methyl sites for hydroxylation is 2. The van der Waals surface area contributed by atoms with E-state index in [9.17, 15) is 14.7 Å². The molecule has 264 valence electrons. The van der Waals surface area contributed by atoms with Crippen LogP contribution in [0.1, 0.15) is 86.6 Å². The largest absolute Gasteiger partial charge is 0.491 e. The molecule has 5 rings (SSSR count). The second kappa shape index (κ2) is 16.7. The first-order valence-electron chi connectivity index (χ1n) is 17.8. The molecule has 6 atom stereocenters. The van der Waals surface area contributed by atoms with Crippen LogP contribution in [-0.4, -0.2) is 86.2 Å². The van der Waals surface area contributed by atoms with Gasteiger partial charge in [-0.15, -0.1) is 0 Å². The zero-order valence-electron chi connectivity index (χ0n) is 29.7. The van der Waals surface area contributed by atoms with Crippen molar-refractivity contribution in [1.29, 1.82) is 0 Å². The fourth-order valence-corrected chi connectivity index (χ4v) is 7.98. The third-order valence-electron chi connectivity index (χ3n) is 10.6. The lowest BCUT2D eigenvalue weighted by atomic mass is 9.67. The molecule has 6 unspecified atom stereocenters. The molecule has 0 bridgehead atoms. The lowest BCUT2D eigenvalue weighted by molar-refractivity contribution is -0.128. The van der Waals surface area contributed by atoms with Gasteiger partial charge in [-0.05, 0) is 106 Å². The molecule has 2 aliphatic heterocycles. The summed E-state index contributed by atoms with van der Waals surface area (Å²) in [6.07, 6.45) is 6.51. The van der Waals surface area contributed by atoms with E-state index in [0.717, 1.165) is 94.8 Å². The average Bonchev–Trinajstić information content (AvgIpc) is 3.23. The predicted octanol–water partition coefficient (Wildman–Crippen LogP) is 5.89. The highest BCUT2D eigenvalue weighted by atomic mass is 32.2. The number of fused-ring (bicyclic) bond motifs is 1. The zero-order chi connectivity index (χ0) is 34.4. The minimum atomic E-state index is -1.29. The van der Waals surface area contributed by atoms with E-state index in [1.807, 2.05) is 44.2 Å². The maximum absolute atomic E-state index is 12.8. The molecule has 2 aromatic rings. The Balaban J connectivity index is 1.38. The van der Waals surface area contributed by atoms with Crippen LogP contribution in [0.15, 0.2) is 36.4 Å². The molecule has 2 fully saturated rings. The van der Waals surface area contributed by atoms with E-state index in [2.05, 4.69) is 41.7 Å². The summed E-state index contributed by atoms with van der Waals surface area (Å²) >= 11 is 1.15. The standard InChI is InChI=1S/C38H56N4O5S/c1-7-8-28-19-25(2)9-12-32(28)31-23-42(34-21-29(11-14-35(34)47-24-31)37(44)38(45)39-48-40(4)5)22-30-10-13-33(30)36-20-27(16-18-46-36)15-17-41(6)26(3)43/h9,11-12,14,19,21,27,30-31,33,36-37,44H,7-8,10,13,15-18,20,22-24H2,1-6H3,(H,39,45). The molecule has 1 saturated heterocycles. The van der Waals surface area contributed by atoms with Gasteiger partial charge < -0.3 is 24.4 Å². The summed E-state index contributed by atoms with van der Waals surface area (Å²) < 4.78 is 17.5. The third-order valence-corrected chi connectivity index (χ3v) is 11.3. The monoisotopic (exact) mass is 680 g/mol. The Bertz CT molecular complexity index is 1410. The van der Waals surface area contributed by atoms with Crippen LogP contribution in [0.2, 0.25) is 0 Å². The first kappa shape index (κ1) is 36.5. The molecule has 9 nitrogen and oxygen atoms in total. The highest BCUT2D eigenvalue weighted by Crippen LogP contribution is 2.45. The van der Waals surface area contributed by atoms with Crippen molar-refractivity contribution in [3.8, 4) is 5.75 Å². The number of carbonyl (C=O) groups is 2. The molecule has 10 heteroatoms. The Kier molecular flexibility index (Phi) is 12.7. The maximum Gasteiger partial charge on any atom is 0.264 e. The summed E-state index contributed by atoms with van der Waals surface area (Å²) in [4.78, 5) is 28.9. The van der Waals surface area contributed by atoms with E-state index in [1.165, 1.54) is 16.7 Å². The first-order chi connectivity index (χ1) is 23.0. The van der Waals surface area contributed by atoms with Crippen molar-refractivity contribution < 1.29 is 24.2 Å². The van der Waals surface area contributed by atoms with Crippen LogP contribution in [-0.2, 0) is 20.7 Å². The van der Waals surface area contributed by atoms with Crippen molar-refractivity contribution in [1.82, 2.24) is 13.9 Å². The van der Waals surface area contributed by atoms with Crippen LogP contribution in [0.4, 0.5) is 5.69 Å². The van der Waals surface area contributed by atoms with Crippen molar-refractivity contribution in [2.45, 2.75) is 83.8 Å². The maximum atomic E-state index is 12.8. The minimum Gasteiger partial charge on any atom is -0.491 e. The molecule has 0 aromatic heterocycles. The molecule has 48 heavy (non-hydrogen) atoms. The topological polar surface area (TPSA) is 94.6 Å². The molecule has 2 aromatic carbocycles. The van der Waals surface area contributed by atoms with Crippen molar-refractivity contribution in [3.63, 3.8) is 0 Å². The zero-order valence-corrected chi connectivity index (χ0v) is 30.6. The molecule has 2 heterocycles. The van der Waals surface area contributed by atoms with Crippen molar-refractivity contribution >= 4 is 29.6 Å². The number of ether oxygens (including phenoxy) is 2. The average molecular weight is 681 g/mol. The fourth-order valence-electron chi connectivity index (χ4n) is 7.59. The molecular formula is C38H56N4O5S. The Labute approximate surface area is 292 Å². The molecule has 3 aliphatic rings. The Hall–Kier alpha value is -2.79. The molecule has 1 aliphatic carbocycles. The fraction of sp³-hybridized carbons (Fsp3) is 0.632. The van der Waals surface area contributed by atoms with E-state index in [0.29, 0.717) is 29.9 Å². The van der Waals surface area contributed by atoms with Gasteiger partial charge in [0.25, 0.3) is 5.91 Å². The van der Waals surface area contributed by atoms with Gasteiger partial charge in [-0.1, -0.05) is 43.2 Å². The molecule has 1 saturated carbocycles. The first-order valence-corrected chi connectivity index (χ1v) is 18.6. The second-order valence-electron chi connectivity index (χ2n) is 14.4. The summed E-state index contributed by atoms with van der Waals surface area (Å²) in [5.41, 5.74) is 5.50. The van der Waals surface area contributed by atoms with Crippen molar-refractivity contribution in [3.05, 3.63) is 58.7 Å². The summed E-state index contributed by atoms with van der Waals surface area (Å²) in [5, 5.41) is 11.1. The van der Waals surface area contributed by atoms with E-state index in [-0.39, 0.29) is 17.9 Å². The van der Waals surface area contributed by atoms with Gasteiger partial charge in [-0.25, -0.2) is 4.31 Å². The number of rotatable bonds is 13. The molecule has 0 radical (unpaired) electrons. The SMILES string of the molecule is CCCc1cc(C)ccc1C1COc2ccc(C(O)C(=O)NSN(C)C)cc2N(CC2CCC2C2CC(CCN(C)C(C)=O)CCO2)C1. The van der Waals surface area contributed by atoms with Gasteiger partial charge in [-0.2, -0.15) is 0 Å². The highest BCUT2D eigenvalue weighted by molar-refractivity contribution is 7.95. The number of aliphatic hydroxyl groups is 1. The Morgan fingerprint density at radius 1 is 1.12 bits per heavy atom. The van der Waals surface area contributed by atoms with E-state index in [4.69, 9.17) is 9.47 Å². The number of anilines is 1. The number of hydrogen-bond acceptors (Lipinski definition) is 8. The summed E-state index contributed by atoms with van der Waals surface area (Å²) in [6, 6.07) is 12.5. The number of nitrogens with one attached hydrogen (secondary N) is 1. The van der Waals surface area contributed by atoms with Crippen molar-refractivity contribution in [2.24, 2.45) is 17.8 Å². The number of nitrogens with zero attached hydrogens (tertiary/aromatic N) is 3. The van der Waals surface area contributed by atoms with Crippen LogP contribution in [0, 0.1) is 24.7 Å². The van der Waals surface area contributed by atoms with Gasteiger partial charge in [0, 0.05) is 58.3 Å². The van der Waals surface area contributed by atoms with Gasteiger partial charge in [0.05, 0.1) is 18.4 Å². The van der Waals surface area contributed by atoms with Crippen LogP contribution in [0.5, 0.6) is 5.75 Å². The summed E-state index contributed by atoms with van der Waals surface area (Å²) in [6.45, 7) is 9.84. The van der Waals surface area contributed by atoms with Gasteiger partial charge >= 0.3 is 0 Å². The van der Waals surface area contributed by atoms with Gasteiger partial charge in [0.15, 0.2) is 6.10 Å². The third kappa shape index (κ3) is 9.05. The smallest absolute Gasteiger partial charge is 0.264 e. The summed E-state index contributed by atoms with van der Waals surface area (Å²) in [5.74, 6) is 2.18. The number of benzene rings is 2. The Morgan fingerprint density at radius 3 is 2.65 bits per heavy atom. The van der Waals surface area contributed by atoms with Crippen LogP contribution in [0.3, 0.4) is 0 Å². The number of carbonyl (C=O) groups excluding carboxylic acids is 2. The number of hydrogen-bond donors (Lipinski definition) is 2. The normalized spacial score (nSPS) is 24.6. The molecule has 2 amide bonds. The molecule has 2 N–H and O–H groups in total. The van der Waals surface area contributed by atoms with Crippen molar-refractivity contribution in [2.75, 3.05) is 58.9 Å².